The Balaban J connectivity index is 1.78. The van der Waals surface area contributed by atoms with Crippen molar-refractivity contribution < 1.29 is 33.0 Å². The number of carbonyl (C=O) groups is 4. The standard InChI is InChI=1S/C25H29FO6/c1-14(27)32-13-21(29)19-8-7-17-18-6-5-15-11-16(28)9-10-24(15,3)25(18,26)20(22(30)31-4)12-23(17,19)2/h8-11,17-18,20H,5-7,12-13H2,1-4H3. The third kappa shape index (κ3) is 2.96. The highest BCUT2D eigenvalue weighted by Gasteiger charge is 2.71. The number of Topliss-reactive ketones (excluding diaryl/α,β-unsaturated/α-hetero) is 1. The number of hydrogen-bond acceptors (Lipinski definition) is 6. The van der Waals surface area contributed by atoms with Crippen molar-refractivity contribution in [3.8, 4) is 0 Å². The van der Waals surface area contributed by atoms with Crippen LogP contribution in [0.4, 0.5) is 4.39 Å². The number of esters is 2. The molecule has 6 nitrogen and oxygen atoms in total. The summed E-state index contributed by atoms with van der Waals surface area (Å²) in [5.41, 5.74) is -2.58. The minimum Gasteiger partial charge on any atom is -0.469 e. The second kappa shape index (κ2) is 7.49. The smallest absolute Gasteiger partial charge is 0.312 e. The number of allylic oxidation sites excluding steroid dienone is 5. The number of ether oxygens (including phenoxy) is 2. The summed E-state index contributed by atoms with van der Waals surface area (Å²) in [7, 11) is 1.24. The highest BCUT2D eigenvalue weighted by Crippen LogP contribution is 2.69. The van der Waals surface area contributed by atoms with Crippen LogP contribution in [0.25, 0.3) is 0 Å². The number of methoxy groups -OCH3 is 1. The van der Waals surface area contributed by atoms with Crippen molar-refractivity contribution in [2.45, 2.75) is 52.1 Å². The Morgan fingerprint density at radius 2 is 1.94 bits per heavy atom. The van der Waals surface area contributed by atoms with Crippen LogP contribution < -0.4 is 0 Å². The van der Waals surface area contributed by atoms with E-state index in [1.807, 2.05) is 13.0 Å². The Bertz CT molecular complexity index is 992. The average Bonchev–Trinajstić information content (AvgIpc) is 3.09. The van der Waals surface area contributed by atoms with Crippen molar-refractivity contribution in [2.24, 2.45) is 28.6 Å². The van der Waals surface area contributed by atoms with Gasteiger partial charge >= 0.3 is 11.9 Å². The summed E-state index contributed by atoms with van der Waals surface area (Å²) in [6.45, 7) is 4.54. The normalized spacial score (nSPS) is 39.8. The zero-order valence-electron chi connectivity index (χ0n) is 18.9. The van der Waals surface area contributed by atoms with E-state index in [-0.39, 0.29) is 30.5 Å². The van der Waals surface area contributed by atoms with E-state index in [2.05, 4.69) is 0 Å². The molecule has 0 aromatic heterocycles. The van der Waals surface area contributed by atoms with Gasteiger partial charge in [0.05, 0.1) is 13.0 Å². The molecule has 4 rings (SSSR count). The lowest BCUT2D eigenvalue weighted by Gasteiger charge is -2.62. The van der Waals surface area contributed by atoms with Gasteiger partial charge in [-0.2, -0.15) is 0 Å². The van der Waals surface area contributed by atoms with E-state index >= 15 is 4.39 Å². The number of alkyl halides is 1. The number of hydrogen-bond donors (Lipinski definition) is 0. The van der Waals surface area contributed by atoms with E-state index in [4.69, 9.17) is 9.47 Å². The Hall–Kier alpha value is -2.57. The van der Waals surface area contributed by atoms with Gasteiger partial charge in [0, 0.05) is 23.3 Å². The first-order valence-corrected chi connectivity index (χ1v) is 11.1. The van der Waals surface area contributed by atoms with Crippen LogP contribution >= 0.6 is 0 Å². The van der Waals surface area contributed by atoms with Crippen molar-refractivity contribution in [1.82, 2.24) is 0 Å². The second-order valence-electron chi connectivity index (χ2n) is 9.88. The fourth-order valence-electron chi connectivity index (χ4n) is 6.91. The number of rotatable bonds is 4. The van der Waals surface area contributed by atoms with Gasteiger partial charge in [0.25, 0.3) is 0 Å². The van der Waals surface area contributed by atoms with Crippen LogP contribution in [0.1, 0.15) is 46.5 Å². The Morgan fingerprint density at radius 1 is 1.22 bits per heavy atom. The van der Waals surface area contributed by atoms with Gasteiger partial charge in [-0.25, -0.2) is 4.39 Å². The average molecular weight is 444 g/mol. The minimum atomic E-state index is -1.95. The van der Waals surface area contributed by atoms with Gasteiger partial charge < -0.3 is 9.47 Å². The summed E-state index contributed by atoms with van der Waals surface area (Å²) in [6, 6.07) is 0. The maximum absolute atomic E-state index is 17.5. The zero-order valence-corrected chi connectivity index (χ0v) is 18.9. The van der Waals surface area contributed by atoms with Crippen molar-refractivity contribution in [3.63, 3.8) is 0 Å². The van der Waals surface area contributed by atoms with Gasteiger partial charge in [0.1, 0.15) is 5.67 Å². The van der Waals surface area contributed by atoms with Gasteiger partial charge in [-0.15, -0.1) is 0 Å². The molecule has 6 atom stereocenters. The minimum absolute atomic E-state index is 0.111. The highest BCUT2D eigenvalue weighted by atomic mass is 19.1. The summed E-state index contributed by atoms with van der Waals surface area (Å²) >= 11 is 0. The van der Waals surface area contributed by atoms with E-state index in [0.717, 1.165) is 0 Å². The second-order valence-corrected chi connectivity index (χ2v) is 9.88. The Morgan fingerprint density at radius 3 is 2.59 bits per heavy atom. The summed E-state index contributed by atoms with van der Waals surface area (Å²) in [5, 5.41) is 0. The van der Waals surface area contributed by atoms with Gasteiger partial charge in [0.15, 0.2) is 18.2 Å². The molecule has 0 aromatic carbocycles. The summed E-state index contributed by atoms with van der Waals surface area (Å²) in [6.07, 6.45) is 7.98. The molecule has 7 heteroatoms. The third-order valence-corrected chi connectivity index (χ3v) is 8.45. The quantitative estimate of drug-likeness (QED) is 0.618. The Kier molecular flexibility index (Phi) is 5.30. The van der Waals surface area contributed by atoms with Crippen molar-refractivity contribution >= 4 is 23.5 Å². The SMILES string of the molecule is COC(=O)C1CC2(C)C(C(=O)COC(C)=O)=CCC2C2CCC3=CC(=O)C=CC3(C)C12F. The van der Waals surface area contributed by atoms with Gasteiger partial charge in [-0.05, 0) is 56.6 Å². The number of ketones is 2. The summed E-state index contributed by atoms with van der Waals surface area (Å²) < 4.78 is 27.4. The molecule has 2 saturated carbocycles. The summed E-state index contributed by atoms with van der Waals surface area (Å²) in [5.74, 6) is -3.47. The first kappa shape index (κ1) is 22.6. The fraction of sp³-hybridized carbons (Fsp3) is 0.600. The molecule has 32 heavy (non-hydrogen) atoms. The van der Waals surface area contributed by atoms with E-state index in [1.165, 1.54) is 26.2 Å². The highest BCUT2D eigenvalue weighted by molar-refractivity contribution is 6.01. The molecule has 4 aliphatic carbocycles. The number of carbonyl (C=O) groups excluding carboxylic acids is 4. The first-order valence-electron chi connectivity index (χ1n) is 11.1. The summed E-state index contributed by atoms with van der Waals surface area (Å²) in [4.78, 5) is 49.1. The first-order chi connectivity index (χ1) is 15.0. The molecule has 0 heterocycles. The largest absolute Gasteiger partial charge is 0.469 e. The lowest BCUT2D eigenvalue weighted by Crippen LogP contribution is -2.66. The van der Waals surface area contributed by atoms with Gasteiger partial charge in [-0.1, -0.05) is 24.6 Å². The van der Waals surface area contributed by atoms with Crippen LogP contribution in [0, 0.1) is 28.6 Å². The molecule has 0 radical (unpaired) electrons. The zero-order chi connectivity index (χ0) is 23.5. The monoisotopic (exact) mass is 444 g/mol. The van der Waals surface area contributed by atoms with Crippen LogP contribution in [0.2, 0.25) is 0 Å². The van der Waals surface area contributed by atoms with Crippen LogP contribution in [0.15, 0.2) is 35.5 Å². The van der Waals surface area contributed by atoms with Crippen molar-refractivity contribution in [1.29, 1.82) is 0 Å². The molecule has 6 unspecified atom stereocenters. The molecule has 0 aliphatic heterocycles. The van der Waals surface area contributed by atoms with Crippen molar-refractivity contribution in [2.75, 3.05) is 13.7 Å². The maximum atomic E-state index is 17.5. The van der Waals surface area contributed by atoms with Crippen molar-refractivity contribution in [3.05, 3.63) is 35.5 Å². The fourth-order valence-corrected chi connectivity index (χ4v) is 6.91. The van der Waals surface area contributed by atoms with Gasteiger partial charge in [-0.3, -0.25) is 19.2 Å². The third-order valence-electron chi connectivity index (χ3n) is 8.45. The maximum Gasteiger partial charge on any atom is 0.312 e. The molecule has 0 saturated heterocycles. The van der Waals surface area contributed by atoms with E-state index in [0.29, 0.717) is 30.4 Å². The predicted octanol–water partition coefficient (Wildman–Crippen LogP) is 3.45. The van der Waals surface area contributed by atoms with E-state index in [1.54, 1.807) is 13.0 Å². The molecule has 0 bridgehead atoms. The molecular weight excluding hydrogens is 415 g/mol. The lowest BCUT2D eigenvalue weighted by molar-refractivity contribution is -0.186. The molecule has 0 N–H and O–H groups in total. The van der Waals surface area contributed by atoms with Crippen LogP contribution in [0.3, 0.4) is 0 Å². The van der Waals surface area contributed by atoms with Crippen LogP contribution in [-0.2, 0) is 28.7 Å². The van der Waals surface area contributed by atoms with E-state index < -0.39 is 40.3 Å². The molecular formula is C25H29FO6. The topological polar surface area (TPSA) is 86.7 Å². The Labute approximate surface area is 186 Å². The van der Waals surface area contributed by atoms with Crippen LogP contribution in [0.5, 0.6) is 0 Å². The predicted molar refractivity (Wildman–Crippen MR) is 113 cm³/mol. The molecule has 0 amide bonds. The lowest BCUT2D eigenvalue weighted by atomic mass is 9.43. The molecule has 2 fully saturated rings. The van der Waals surface area contributed by atoms with E-state index in [9.17, 15) is 19.2 Å². The molecule has 0 aromatic rings. The number of fused-ring (bicyclic) bond motifs is 5. The molecule has 0 spiro atoms. The van der Waals surface area contributed by atoms with Crippen LogP contribution in [-0.4, -0.2) is 42.9 Å². The number of halogens is 1. The molecule has 172 valence electrons. The van der Waals surface area contributed by atoms with Gasteiger partial charge in [0.2, 0.25) is 0 Å². The molecule has 4 aliphatic rings.